The first-order valence-corrected chi connectivity index (χ1v) is 8.30. The molecule has 1 atom stereocenters. The molecule has 0 aliphatic heterocycles. The zero-order chi connectivity index (χ0) is 17.4. The minimum Gasteiger partial charge on any atom is -0.344 e. The molecule has 0 radical (unpaired) electrons. The molecule has 1 N–H and O–H groups in total. The van der Waals surface area contributed by atoms with E-state index in [4.69, 9.17) is 0 Å². The standard InChI is InChI=1S/C15H12F2N6OS/c16-15(17)6-11(15)23-8-10(19-22-23)13(24)18-7-12-20-21-14(25-12)9-4-2-1-3-5-9/h1-5,8,11H,6-7H2,(H,18,24)/t11-/m1/s1. The SMILES string of the molecule is O=C(NCc1nnc(-c2ccccc2)s1)c1cn([C@@H]2CC2(F)F)nn1. The number of nitrogens with zero attached hydrogens (tertiary/aromatic N) is 5. The number of aromatic nitrogens is 5. The smallest absolute Gasteiger partial charge is 0.273 e. The van der Waals surface area contributed by atoms with Gasteiger partial charge in [-0.2, -0.15) is 0 Å². The Balaban J connectivity index is 1.37. The second-order valence-corrected chi connectivity index (χ2v) is 6.68. The maximum Gasteiger partial charge on any atom is 0.273 e. The molecular formula is C15H12F2N6OS. The first-order valence-electron chi connectivity index (χ1n) is 7.48. The summed E-state index contributed by atoms with van der Waals surface area (Å²) in [6, 6.07) is 8.58. The number of carbonyl (C=O) groups is 1. The van der Waals surface area contributed by atoms with Crippen LogP contribution < -0.4 is 5.32 Å². The third-order valence-corrected chi connectivity index (χ3v) is 4.72. The summed E-state index contributed by atoms with van der Waals surface area (Å²) >= 11 is 1.37. The van der Waals surface area contributed by atoms with Crippen LogP contribution in [0.25, 0.3) is 10.6 Å². The average Bonchev–Trinajstić information content (AvgIpc) is 3.06. The van der Waals surface area contributed by atoms with Crippen LogP contribution in [0, 0.1) is 0 Å². The van der Waals surface area contributed by atoms with Crippen molar-refractivity contribution < 1.29 is 13.6 Å². The number of carbonyl (C=O) groups excluding carboxylic acids is 1. The predicted octanol–water partition coefficient (Wildman–Crippen LogP) is 2.31. The van der Waals surface area contributed by atoms with Crippen LogP contribution in [0.2, 0.25) is 0 Å². The lowest BCUT2D eigenvalue weighted by Crippen LogP contribution is -2.23. The molecule has 1 amide bonds. The maximum absolute atomic E-state index is 13.0. The number of hydrogen-bond donors (Lipinski definition) is 1. The lowest BCUT2D eigenvalue weighted by Gasteiger charge is -1.98. The Labute approximate surface area is 144 Å². The molecule has 2 aromatic heterocycles. The van der Waals surface area contributed by atoms with E-state index in [1.807, 2.05) is 30.3 Å². The Bertz CT molecular complexity index is 910. The molecule has 1 aromatic carbocycles. The topological polar surface area (TPSA) is 85.6 Å². The van der Waals surface area contributed by atoms with Gasteiger partial charge in [-0.25, -0.2) is 13.5 Å². The molecule has 4 rings (SSSR count). The van der Waals surface area contributed by atoms with E-state index in [1.54, 1.807) is 0 Å². The second kappa shape index (κ2) is 5.96. The van der Waals surface area contributed by atoms with E-state index >= 15 is 0 Å². The van der Waals surface area contributed by atoms with Crippen molar-refractivity contribution in [2.24, 2.45) is 0 Å². The molecule has 25 heavy (non-hydrogen) atoms. The molecule has 1 aliphatic rings. The molecule has 1 fully saturated rings. The summed E-state index contributed by atoms with van der Waals surface area (Å²) in [6.07, 6.45) is 0.959. The summed E-state index contributed by atoms with van der Waals surface area (Å²) in [6.45, 7) is 0.176. The van der Waals surface area contributed by atoms with Gasteiger partial charge in [0.05, 0.1) is 12.7 Å². The van der Waals surface area contributed by atoms with E-state index in [0.717, 1.165) is 15.3 Å². The Kier molecular flexibility index (Phi) is 3.75. The normalized spacial score (nSPS) is 18.1. The zero-order valence-electron chi connectivity index (χ0n) is 12.8. The Morgan fingerprint density at radius 1 is 1.28 bits per heavy atom. The highest BCUT2D eigenvalue weighted by Gasteiger charge is 2.59. The summed E-state index contributed by atoms with van der Waals surface area (Å²) in [5, 5.41) is 19.4. The molecule has 7 nitrogen and oxygen atoms in total. The minimum atomic E-state index is -2.76. The van der Waals surface area contributed by atoms with Crippen molar-refractivity contribution >= 4 is 17.2 Å². The number of amides is 1. The number of rotatable bonds is 5. The monoisotopic (exact) mass is 362 g/mol. The van der Waals surface area contributed by atoms with Crippen molar-refractivity contribution in [1.29, 1.82) is 0 Å². The van der Waals surface area contributed by atoms with Gasteiger partial charge in [-0.05, 0) is 0 Å². The fourth-order valence-electron chi connectivity index (χ4n) is 2.29. The third kappa shape index (κ3) is 3.25. The van der Waals surface area contributed by atoms with E-state index < -0.39 is 17.9 Å². The first-order chi connectivity index (χ1) is 12.0. The van der Waals surface area contributed by atoms with Crippen LogP contribution in [0.3, 0.4) is 0 Å². The van der Waals surface area contributed by atoms with Crippen molar-refractivity contribution in [2.45, 2.75) is 24.9 Å². The number of halogens is 2. The molecule has 0 saturated heterocycles. The molecule has 1 saturated carbocycles. The van der Waals surface area contributed by atoms with Gasteiger partial charge in [0.1, 0.15) is 16.1 Å². The van der Waals surface area contributed by atoms with Crippen LogP contribution in [0.1, 0.15) is 28.0 Å². The van der Waals surface area contributed by atoms with Gasteiger partial charge < -0.3 is 5.32 Å². The highest BCUT2D eigenvalue weighted by Crippen LogP contribution is 2.51. The van der Waals surface area contributed by atoms with Crippen LogP contribution in [0.15, 0.2) is 36.5 Å². The molecule has 1 aliphatic carbocycles. The maximum atomic E-state index is 13.0. The Hall–Kier alpha value is -2.75. The molecule has 2 heterocycles. The van der Waals surface area contributed by atoms with Crippen LogP contribution in [-0.4, -0.2) is 37.0 Å². The van der Waals surface area contributed by atoms with Gasteiger partial charge in [-0.3, -0.25) is 4.79 Å². The van der Waals surface area contributed by atoms with Crippen LogP contribution in [0.5, 0.6) is 0 Å². The zero-order valence-corrected chi connectivity index (χ0v) is 13.6. The summed E-state index contributed by atoms with van der Waals surface area (Å²) in [5.41, 5.74) is 0.946. The highest BCUT2D eigenvalue weighted by atomic mass is 32.1. The third-order valence-electron chi connectivity index (χ3n) is 3.74. The Morgan fingerprint density at radius 3 is 2.76 bits per heavy atom. The average molecular weight is 362 g/mol. The summed E-state index contributed by atoms with van der Waals surface area (Å²) in [5.74, 6) is -3.26. The predicted molar refractivity (Wildman–Crippen MR) is 85.1 cm³/mol. The number of benzene rings is 1. The Morgan fingerprint density at radius 2 is 2.04 bits per heavy atom. The summed E-state index contributed by atoms with van der Waals surface area (Å²) < 4.78 is 27.0. The summed E-state index contributed by atoms with van der Waals surface area (Å²) in [7, 11) is 0. The second-order valence-electron chi connectivity index (χ2n) is 5.61. The molecule has 0 spiro atoms. The quantitative estimate of drug-likeness (QED) is 0.753. The van der Waals surface area contributed by atoms with Crippen molar-refractivity contribution in [3.8, 4) is 10.6 Å². The van der Waals surface area contributed by atoms with E-state index in [2.05, 4.69) is 25.8 Å². The van der Waals surface area contributed by atoms with Gasteiger partial charge in [-0.1, -0.05) is 46.9 Å². The first kappa shape index (κ1) is 15.8. The molecular weight excluding hydrogens is 350 g/mol. The van der Waals surface area contributed by atoms with Gasteiger partial charge in [-0.15, -0.1) is 15.3 Å². The molecule has 3 aromatic rings. The molecule has 128 valence electrons. The van der Waals surface area contributed by atoms with Gasteiger partial charge in [0.15, 0.2) is 5.69 Å². The lowest BCUT2D eigenvalue weighted by atomic mass is 10.2. The molecule has 10 heteroatoms. The number of hydrogen-bond acceptors (Lipinski definition) is 6. The van der Waals surface area contributed by atoms with Crippen LogP contribution >= 0.6 is 11.3 Å². The van der Waals surface area contributed by atoms with Gasteiger partial charge >= 0.3 is 0 Å². The van der Waals surface area contributed by atoms with Gasteiger partial charge in [0.25, 0.3) is 11.8 Å². The van der Waals surface area contributed by atoms with E-state index in [0.29, 0.717) is 5.01 Å². The lowest BCUT2D eigenvalue weighted by molar-refractivity contribution is 0.0941. The van der Waals surface area contributed by atoms with Crippen molar-refractivity contribution in [3.63, 3.8) is 0 Å². The number of nitrogens with one attached hydrogen (secondary N) is 1. The molecule has 0 unspecified atom stereocenters. The van der Waals surface area contributed by atoms with Crippen LogP contribution in [-0.2, 0) is 6.54 Å². The highest BCUT2D eigenvalue weighted by molar-refractivity contribution is 7.14. The van der Waals surface area contributed by atoms with E-state index in [1.165, 1.54) is 17.5 Å². The fourth-order valence-corrected chi connectivity index (χ4v) is 3.07. The minimum absolute atomic E-state index is 0.00417. The largest absolute Gasteiger partial charge is 0.344 e. The van der Waals surface area contributed by atoms with Gasteiger partial charge in [0, 0.05) is 12.0 Å². The van der Waals surface area contributed by atoms with E-state index in [-0.39, 0.29) is 18.7 Å². The fraction of sp³-hybridized carbons (Fsp3) is 0.267. The van der Waals surface area contributed by atoms with Crippen molar-refractivity contribution in [1.82, 2.24) is 30.5 Å². The van der Waals surface area contributed by atoms with Crippen molar-refractivity contribution in [3.05, 3.63) is 47.2 Å². The summed E-state index contributed by atoms with van der Waals surface area (Å²) in [4.78, 5) is 12.1. The van der Waals surface area contributed by atoms with Crippen LogP contribution in [0.4, 0.5) is 8.78 Å². The number of alkyl halides is 2. The van der Waals surface area contributed by atoms with Crippen molar-refractivity contribution in [2.75, 3.05) is 0 Å². The van der Waals surface area contributed by atoms with Gasteiger partial charge in [0.2, 0.25) is 0 Å². The van der Waals surface area contributed by atoms with E-state index in [9.17, 15) is 13.6 Å². The molecule has 0 bridgehead atoms.